The maximum Gasteiger partial charge on any atom is 0.274 e. The first kappa shape index (κ1) is 14.6. The van der Waals surface area contributed by atoms with Gasteiger partial charge in [-0.1, -0.05) is 0 Å². The van der Waals surface area contributed by atoms with Gasteiger partial charge in [-0.15, -0.1) is 0 Å². The van der Waals surface area contributed by atoms with Crippen molar-refractivity contribution in [3.05, 3.63) is 28.7 Å². The number of rotatable bonds is 5. The summed E-state index contributed by atoms with van der Waals surface area (Å²) in [6.07, 6.45) is 3.39. The molecule has 1 aromatic rings. The molecule has 0 saturated carbocycles. The number of aromatic nitrogens is 1. The second kappa shape index (κ2) is 6.58. The molecule has 1 N–H and O–H groups in total. The van der Waals surface area contributed by atoms with Crippen LogP contribution in [-0.4, -0.2) is 35.1 Å². The van der Waals surface area contributed by atoms with Crippen LogP contribution in [0.3, 0.4) is 0 Å². The minimum absolute atomic E-state index is 0.0494. The number of nitrogens with zero attached hydrogens (tertiary/aromatic N) is 3. The van der Waals surface area contributed by atoms with Crippen molar-refractivity contribution in [2.45, 2.75) is 38.8 Å². The Bertz CT molecular complexity index is 544. The number of hydrogen-bond donors (Lipinski definition) is 1. The summed E-state index contributed by atoms with van der Waals surface area (Å²) in [5.41, 5.74) is 0.714. The van der Waals surface area contributed by atoms with E-state index in [1.54, 1.807) is 0 Å². The van der Waals surface area contributed by atoms with Gasteiger partial charge in [0.2, 0.25) is 0 Å². The average Bonchev–Trinajstić information content (AvgIpc) is 2.87. The third-order valence-electron chi connectivity index (χ3n) is 3.60. The first-order valence-corrected chi connectivity index (χ1v) is 7.19. The van der Waals surface area contributed by atoms with Crippen LogP contribution in [0.25, 0.3) is 0 Å². The Labute approximate surface area is 119 Å². The molecular weight excluding hydrogens is 252 g/mol. The van der Waals surface area contributed by atoms with Crippen LogP contribution < -0.4 is 10.9 Å². The van der Waals surface area contributed by atoms with Gasteiger partial charge in [-0.2, -0.15) is 5.26 Å². The van der Waals surface area contributed by atoms with Crippen molar-refractivity contribution in [2.24, 2.45) is 0 Å². The van der Waals surface area contributed by atoms with Gasteiger partial charge in [0.05, 0.1) is 12.1 Å². The fourth-order valence-corrected chi connectivity index (χ4v) is 2.67. The minimum Gasteiger partial charge on any atom is -0.378 e. The Kier molecular flexibility index (Phi) is 4.80. The molecule has 1 aliphatic rings. The normalized spacial score (nSPS) is 19.2. The Morgan fingerprint density at radius 3 is 3.05 bits per heavy atom. The van der Waals surface area contributed by atoms with Gasteiger partial charge in [0.1, 0.15) is 5.69 Å². The summed E-state index contributed by atoms with van der Waals surface area (Å²) in [5.74, 6) is 0. The summed E-state index contributed by atoms with van der Waals surface area (Å²) in [6, 6.07) is 6.39. The molecule has 0 spiro atoms. The van der Waals surface area contributed by atoms with Gasteiger partial charge >= 0.3 is 0 Å². The highest BCUT2D eigenvalue weighted by atomic mass is 16.1. The van der Waals surface area contributed by atoms with Gasteiger partial charge in [-0.05, 0) is 32.4 Å². The lowest BCUT2D eigenvalue weighted by Crippen LogP contribution is -2.30. The first-order chi connectivity index (χ1) is 9.61. The highest BCUT2D eigenvalue weighted by Crippen LogP contribution is 2.20. The van der Waals surface area contributed by atoms with Crippen molar-refractivity contribution in [1.82, 2.24) is 9.47 Å². The van der Waals surface area contributed by atoms with Gasteiger partial charge in [-0.3, -0.25) is 4.79 Å². The molecule has 0 bridgehead atoms. The standard InChI is InChI=1S/C15H22N4O/c1-12(2)17-14-5-3-9-19(15(14)20)13-6-10-18(11-13)8-4-7-16/h3,5,9,12-13,17H,4,6,8,10-11H2,1-2H3/t13-/m0/s1. The van der Waals surface area contributed by atoms with E-state index >= 15 is 0 Å². The Morgan fingerprint density at radius 2 is 2.35 bits per heavy atom. The van der Waals surface area contributed by atoms with Crippen molar-refractivity contribution in [3.63, 3.8) is 0 Å². The molecule has 20 heavy (non-hydrogen) atoms. The predicted octanol–water partition coefficient (Wildman–Crippen LogP) is 1.83. The molecule has 1 atom stereocenters. The summed E-state index contributed by atoms with van der Waals surface area (Å²) in [6.45, 7) is 6.66. The molecule has 2 rings (SSSR count). The second-order valence-electron chi connectivity index (χ2n) is 5.58. The van der Waals surface area contributed by atoms with Crippen molar-refractivity contribution in [1.29, 1.82) is 5.26 Å². The van der Waals surface area contributed by atoms with Gasteiger partial charge in [0, 0.05) is 38.3 Å². The van der Waals surface area contributed by atoms with Crippen LogP contribution in [0.1, 0.15) is 32.7 Å². The molecule has 0 unspecified atom stereocenters. The Morgan fingerprint density at radius 1 is 1.55 bits per heavy atom. The summed E-state index contributed by atoms with van der Waals surface area (Å²) < 4.78 is 1.83. The third kappa shape index (κ3) is 3.40. The molecular formula is C15H22N4O. The Balaban J connectivity index is 2.10. The first-order valence-electron chi connectivity index (χ1n) is 7.19. The molecule has 1 fully saturated rings. The maximum atomic E-state index is 12.4. The summed E-state index contributed by atoms with van der Waals surface area (Å²) in [4.78, 5) is 14.7. The summed E-state index contributed by atoms with van der Waals surface area (Å²) in [7, 11) is 0. The number of nitrogens with one attached hydrogen (secondary N) is 1. The fraction of sp³-hybridized carbons (Fsp3) is 0.600. The van der Waals surface area contributed by atoms with E-state index < -0.39 is 0 Å². The SMILES string of the molecule is CC(C)Nc1cccn([C@H]2CCN(CCC#N)C2)c1=O. The van der Waals surface area contributed by atoms with Crippen LogP contribution in [0.15, 0.2) is 23.1 Å². The maximum absolute atomic E-state index is 12.4. The second-order valence-corrected chi connectivity index (χ2v) is 5.58. The van der Waals surface area contributed by atoms with Crippen molar-refractivity contribution in [2.75, 3.05) is 25.0 Å². The molecule has 1 saturated heterocycles. The minimum atomic E-state index is 0.0494. The molecule has 0 amide bonds. The molecule has 0 aromatic carbocycles. The van der Waals surface area contributed by atoms with Gasteiger partial charge in [0.25, 0.3) is 5.56 Å². The Hall–Kier alpha value is -1.80. The molecule has 2 heterocycles. The monoisotopic (exact) mass is 274 g/mol. The van der Waals surface area contributed by atoms with Crippen LogP contribution in [0.5, 0.6) is 0 Å². The van der Waals surface area contributed by atoms with E-state index in [0.717, 1.165) is 26.1 Å². The van der Waals surface area contributed by atoms with Gasteiger partial charge < -0.3 is 14.8 Å². The van der Waals surface area contributed by atoms with Crippen LogP contribution in [-0.2, 0) is 0 Å². The van der Waals surface area contributed by atoms with Crippen molar-refractivity contribution >= 4 is 5.69 Å². The van der Waals surface area contributed by atoms with Crippen LogP contribution in [0, 0.1) is 11.3 Å². The lowest BCUT2D eigenvalue weighted by atomic mass is 10.2. The van der Waals surface area contributed by atoms with E-state index in [9.17, 15) is 4.79 Å². The number of anilines is 1. The molecule has 0 aliphatic carbocycles. The third-order valence-corrected chi connectivity index (χ3v) is 3.60. The topological polar surface area (TPSA) is 61.1 Å². The molecule has 0 radical (unpaired) electrons. The van der Waals surface area contributed by atoms with Crippen LogP contribution >= 0.6 is 0 Å². The van der Waals surface area contributed by atoms with Crippen LogP contribution in [0.4, 0.5) is 5.69 Å². The number of hydrogen-bond acceptors (Lipinski definition) is 4. The summed E-state index contributed by atoms with van der Waals surface area (Å²) >= 11 is 0. The largest absolute Gasteiger partial charge is 0.378 e. The van der Waals surface area contributed by atoms with E-state index in [2.05, 4.69) is 16.3 Å². The molecule has 5 heteroatoms. The summed E-state index contributed by atoms with van der Waals surface area (Å²) in [5, 5.41) is 11.8. The number of likely N-dealkylation sites (tertiary alicyclic amines) is 1. The molecule has 1 aliphatic heterocycles. The fourth-order valence-electron chi connectivity index (χ4n) is 2.67. The van der Waals surface area contributed by atoms with E-state index in [4.69, 9.17) is 5.26 Å². The lowest BCUT2D eigenvalue weighted by molar-refractivity contribution is 0.330. The lowest BCUT2D eigenvalue weighted by Gasteiger charge is -2.18. The smallest absolute Gasteiger partial charge is 0.274 e. The molecule has 1 aromatic heterocycles. The average molecular weight is 274 g/mol. The van der Waals surface area contributed by atoms with Gasteiger partial charge in [0.15, 0.2) is 0 Å². The zero-order valence-corrected chi connectivity index (χ0v) is 12.2. The number of pyridine rings is 1. The van der Waals surface area contributed by atoms with E-state index in [1.807, 2.05) is 36.7 Å². The van der Waals surface area contributed by atoms with Crippen LogP contribution in [0.2, 0.25) is 0 Å². The zero-order chi connectivity index (χ0) is 14.5. The number of nitriles is 1. The van der Waals surface area contributed by atoms with Crippen molar-refractivity contribution < 1.29 is 0 Å². The zero-order valence-electron chi connectivity index (χ0n) is 12.2. The van der Waals surface area contributed by atoms with Crippen molar-refractivity contribution in [3.8, 4) is 6.07 Å². The molecule has 5 nitrogen and oxygen atoms in total. The van der Waals surface area contributed by atoms with E-state index in [-0.39, 0.29) is 17.6 Å². The highest BCUT2D eigenvalue weighted by molar-refractivity contribution is 5.41. The quantitative estimate of drug-likeness (QED) is 0.890. The van der Waals surface area contributed by atoms with Gasteiger partial charge in [-0.25, -0.2) is 0 Å². The highest BCUT2D eigenvalue weighted by Gasteiger charge is 2.24. The predicted molar refractivity (Wildman–Crippen MR) is 79.8 cm³/mol. The van der Waals surface area contributed by atoms with E-state index in [1.165, 1.54) is 0 Å². The van der Waals surface area contributed by atoms with E-state index in [0.29, 0.717) is 12.1 Å². The molecule has 108 valence electrons.